The van der Waals surface area contributed by atoms with E-state index in [0.29, 0.717) is 34.8 Å². The quantitative estimate of drug-likeness (QED) is 0.351. The van der Waals surface area contributed by atoms with Crippen molar-refractivity contribution in [3.05, 3.63) is 71.9 Å². The summed E-state index contributed by atoms with van der Waals surface area (Å²) in [5.74, 6) is 2.36. The molecule has 0 saturated carbocycles. The summed E-state index contributed by atoms with van der Waals surface area (Å²) in [5, 5.41) is 19.8. The lowest BCUT2D eigenvalue weighted by Gasteiger charge is -2.09. The van der Waals surface area contributed by atoms with Gasteiger partial charge in [0.25, 0.3) is 0 Å². The van der Waals surface area contributed by atoms with E-state index in [4.69, 9.17) is 11.6 Å². The van der Waals surface area contributed by atoms with Gasteiger partial charge in [0.2, 0.25) is 5.95 Å². The largest absolute Gasteiger partial charge is 0.344 e. The molecule has 1 aromatic carbocycles. The highest BCUT2D eigenvalue weighted by atomic mass is 35.5. The van der Waals surface area contributed by atoms with Crippen molar-refractivity contribution >= 4 is 34.9 Å². The number of nitrogens with zero attached hydrogens (tertiary/aromatic N) is 7. The number of pyridine rings is 1. The maximum absolute atomic E-state index is 14.2. The summed E-state index contributed by atoms with van der Waals surface area (Å²) in [7, 11) is 1.86. The number of anilines is 4. The first-order valence-corrected chi connectivity index (χ1v) is 11.5. The van der Waals surface area contributed by atoms with Crippen molar-refractivity contribution < 1.29 is 4.39 Å². The van der Waals surface area contributed by atoms with Crippen molar-refractivity contribution in [1.29, 1.82) is 0 Å². The van der Waals surface area contributed by atoms with Gasteiger partial charge < -0.3 is 15.2 Å². The molecule has 0 fully saturated rings. The molecule has 1 aliphatic rings. The maximum atomic E-state index is 14.2. The molecule has 1 aliphatic heterocycles. The van der Waals surface area contributed by atoms with E-state index in [0.717, 1.165) is 35.6 Å². The average Bonchev–Trinajstić information content (AvgIpc) is 3.54. The normalized spacial score (nSPS) is 12.7. The standard InChI is InChI=1S/C24H21ClFN9/c1-33-22(7-8-28-33)30-21-12-16(17(25)13-27-21)15-11-20-23-31-32-24(29-19-6-3-2-5-18(19)26)35(23)10-4-9-34(20)14-15/h2-3,5-8,11-14H,4,9-10H2,1H3,(H,27,30)(H,29,32). The topological polar surface area (TPSA) is 90.4 Å². The van der Waals surface area contributed by atoms with Crippen LogP contribution >= 0.6 is 11.6 Å². The number of nitrogens with one attached hydrogen (secondary N) is 2. The minimum atomic E-state index is -0.341. The van der Waals surface area contributed by atoms with Crippen molar-refractivity contribution in [3.8, 4) is 22.6 Å². The highest BCUT2D eigenvalue weighted by Gasteiger charge is 2.22. The van der Waals surface area contributed by atoms with Crippen LogP contribution in [0.15, 0.2) is 61.1 Å². The summed E-state index contributed by atoms with van der Waals surface area (Å²) in [6, 6.07) is 12.4. The molecule has 0 aliphatic carbocycles. The first-order chi connectivity index (χ1) is 17.1. The van der Waals surface area contributed by atoms with Crippen LogP contribution in [0.25, 0.3) is 22.6 Å². The van der Waals surface area contributed by atoms with E-state index in [-0.39, 0.29) is 5.82 Å². The van der Waals surface area contributed by atoms with Crippen LogP contribution in [-0.4, -0.2) is 34.1 Å². The van der Waals surface area contributed by atoms with Gasteiger partial charge in [-0.25, -0.2) is 9.37 Å². The van der Waals surface area contributed by atoms with Crippen molar-refractivity contribution in [2.75, 3.05) is 10.6 Å². The second-order valence-corrected chi connectivity index (χ2v) is 8.69. The molecule has 0 atom stereocenters. The number of hydrogen-bond acceptors (Lipinski definition) is 6. The first-order valence-electron chi connectivity index (χ1n) is 11.1. The molecular weight excluding hydrogens is 469 g/mol. The smallest absolute Gasteiger partial charge is 0.229 e. The number of fused-ring (bicyclic) bond motifs is 3. The Hall–Kier alpha value is -4.18. The lowest BCUT2D eigenvalue weighted by Crippen LogP contribution is -2.05. The van der Waals surface area contributed by atoms with Gasteiger partial charge in [0.1, 0.15) is 17.5 Å². The molecule has 0 radical (unpaired) electrons. The Morgan fingerprint density at radius 1 is 1.06 bits per heavy atom. The predicted molar refractivity (Wildman–Crippen MR) is 132 cm³/mol. The fourth-order valence-corrected chi connectivity index (χ4v) is 4.48. The summed E-state index contributed by atoms with van der Waals surface area (Å²) in [6.45, 7) is 1.52. The summed E-state index contributed by atoms with van der Waals surface area (Å²) in [6.07, 6.45) is 6.29. The van der Waals surface area contributed by atoms with E-state index >= 15 is 0 Å². The molecule has 9 nitrogen and oxygen atoms in total. The van der Waals surface area contributed by atoms with Gasteiger partial charge in [-0.15, -0.1) is 10.2 Å². The lowest BCUT2D eigenvalue weighted by molar-refractivity contribution is 0.596. The predicted octanol–water partition coefficient (Wildman–Crippen LogP) is 5.23. The third-order valence-corrected chi connectivity index (χ3v) is 6.32. The minimum absolute atomic E-state index is 0.341. The maximum Gasteiger partial charge on any atom is 0.229 e. The second kappa shape index (κ2) is 8.55. The van der Waals surface area contributed by atoms with E-state index in [9.17, 15) is 4.39 Å². The molecule has 0 unspecified atom stereocenters. The summed E-state index contributed by atoms with van der Waals surface area (Å²) < 4.78 is 20.1. The van der Waals surface area contributed by atoms with Crippen molar-refractivity contribution in [3.63, 3.8) is 0 Å². The second-order valence-electron chi connectivity index (χ2n) is 8.28. The number of halogens is 2. The minimum Gasteiger partial charge on any atom is -0.344 e. The third-order valence-electron chi connectivity index (χ3n) is 6.02. The molecule has 11 heteroatoms. The van der Waals surface area contributed by atoms with Gasteiger partial charge >= 0.3 is 0 Å². The zero-order valence-corrected chi connectivity index (χ0v) is 19.5. The number of rotatable bonds is 5. The van der Waals surface area contributed by atoms with Gasteiger partial charge in [-0.3, -0.25) is 9.25 Å². The average molecular weight is 490 g/mol. The van der Waals surface area contributed by atoms with Crippen LogP contribution in [0, 0.1) is 5.82 Å². The van der Waals surface area contributed by atoms with Crippen molar-refractivity contribution in [2.45, 2.75) is 19.5 Å². The van der Waals surface area contributed by atoms with Gasteiger partial charge in [-0.1, -0.05) is 23.7 Å². The lowest BCUT2D eigenvalue weighted by atomic mass is 10.1. The Kier molecular flexibility index (Phi) is 5.22. The zero-order valence-electron chi connectivity index (χ0n) is 18.8. The van der Waals surface area contributed by atoms with Crippen LogP contribution in [0.5, 0.6) is 0 Å². The van der Waals surface area contributed by atoms with Gasteiger partial charge in [0.15, 0.2) is 5.82 Å². The summed E-state index contributed by atoms with van der Waals surface area (Å²) in [5.41, 5.74) is 3.07. The van der Waals surface area contributed by atoms with E-state index in [1.807, 2.05) is 29.8 Å². The van der Waals surface area contributed by atoms with Gasteiger partial charge in [0.05, 0.1) is 22.6 Å². The molecule has 176 valence electrons. The number of benzene rings is 1. The van der Waals surface area contributed by atoms with Crippen molar-refractivity contribution in [1.82, 2.24) is 34.1 Å². The Morgan fingerprint density at radius 2 is 1.94 bits per heavy atom. The van der Waals surface area contributed by atoms with Gasteiger partial charge in [0, 0.05) is 49.7 Å². The van der Waals surface area contributed by atoms with Crippen LogP contribution in [0.4, 0.5) is 27.7 Å². The van der Waals surface area contributed by atoms with Crippen LogP contribution in [0.3, 0.4) is 0 Å². The van der Waals surface area contributed by atoms with E-state index in [1.165, 1.54) is 6.07 Å². The molecule has 5 aromatic rings. The number of aromatic nitrogens is 7. The number of para-hydroxylation sites is 1. The monoisotopic (exact) mass is 489 g/mol. The molecule has 4 aromatic heterocycles. The molecule has 6 rings (SSSR count). The van der Waals surface area contributed by atoms with Gasteiger partial charge in [-0.05, 0) is 30.7 Å². The van der Waals surface area contributed by atoms with E-state index in [1.54, 1.807) is 35.3 Å². The zero-order chi connectivity index (χ0) is 23.9. The van der Waals surface area contributed by atoms with Gasteiger partial charge in [-0.2, -0.15) is 5.10 Å². The van der Waals surface area contributed by atoms with Crippen molar-refractivity contribution in [2.24, 2.45) is 7.05 Å². The molecule has 0 spiro atoms. The fraction of sp³-hybridized carbons (Fsp3) is 0.167. The molecule has 2 N–H and O–H groups in total. The molecular formula is C24H21ClFN9. The third kappa shape index (κ3) is 3.91. The summed E-state index contributed by atoms with van der Waals surface area (Å²) >= 11 is 6.55. The highest BCUT2D eigenvalue weighted by molar-refractivity contribution is 6.33. The Labute approximate surface area is 205 Å². The van der Waals surface area contributed by atoms with Crippen LogP contribution in [0.1, 0.15) is 6.42 Å². The van der Waals surface area contributed by atoms with E-state index in [2.05, 4.69) is 41.7 Å². The van der Waals surface area contributed by atoms with Crippen LogP contribution in [0.2, 0.25) is 5.02 Å². The highest BCUT2D eigenvalue weighted by Crippen LogP contribution is 2.36. The Morgan fingerprint density at radius 3 is 2.77 bits per heavy atom. The fourth-order valence-electron chi connectivity index (χ4n) is 4.27. The number of hydrogen-bond donors (Lipinski definition) is 2. The van der Waals surface area contributed by atoms with E-state index < -0.39 is 0 Å². The van der Waals surface area contributed by atoms with Crippen LogP contribution < -0.4 is 10.6 Å². The first kappa shape index (κ1) is 21.4. The molecule has 0 saturated heterocycles. The van der Waals surface area contributed by atoms with Crippen LogP contribution in [-0.2, 0) is 20.1 Å². The molecule has 0 bridgehead atoms. The molecule has 0 amide bonds. The Balaban J connectivity index is 1.35. The SMILES string of the molecule is Cn1nccc1Nc1cc(-c2cc3n(c2)CCCn2c(Nc4ccccc4F)nnc2-3)c(Cl)cn1. The molecule has 35 heavy (non-hydrogen) atoms. The molecule has 5 heterocycles. The Bertz CT molecular complexity index is 1530. The number of aryl methyl sites for hydroxylation is 2. The summed E-state index contributed by atoms with van der Waals surface area (Å²) in [4.78, 5) is 4.41.